The van der Waals surface area contributed by atoms with E-state index in [4.69, 9.17) is 4.99 Å². The fraction of sp³-hybridized carbons (Fsp3) is 0.200. The van der Waals surface area contributed by atoms with Crippen molar-refractivity contribution in [1.82, 2.24) is 0 Å². The predicted octanol–water partition coefficient (Wildman–Crippen LogP) is 5.87. The molecule has 1 aliphatic rings. The van der Waals surface area contributed by atoms with Gasteiger partial charge in [0.05, 0.1) is 11.4 Å². The van der Waals surface area contributed by atoms with E-state index >= 15 is 0 Å². The van der Waals surface area contributed by atoms with Gasteiger partial charge in [-0.15, -0.1) is 0 Å². The van der Waals surface area contributed by atoms with Crippen molar-refractivity contribution in [3.05, 3.63) is 83.4 Å². The van der Waals surface area contributed by atoms with Crippen molar-refractivity contribution in [2.45, 2.75) is 20.8 Å². The van der Waals surface area contributed by atoms with E-state index in [-0.39, 0.29) is 5.78 Å². The van der Waals surface area contributed by atoms with Gasteiger partial charge in [0.25, 0.3) is 0 Å². The van der Waals surface area contributed by atoms with E-state index in [1.54, 1.807) is 6.08 Å². The highest BCUT2D eigenvalue weighted by Crippen LogP contribution is 2.29. The molecule has 0 spiro atoms. The molecule has 28 heavy (non-hydrogen) atoms. The lowest BCUT2D eigenvalue weighted by atomic mass is 9.91. The molecular formula is C25H24N2O. The van der Waals surface area contributed by atoms with Gasteiger partial charge in [0, 0.05) is 29.9 Å². The van der Waals surface area contributed by atoms with Gasteiger partial charge in [0.15, 0.2) is 5.78 Å². The molecule has 4 rings (SSSR count). The molecule has 3 aromatic rings. The Morgan fingerprint density at radius 2 is 1.54 bits per heavy atom. The number of aryl methyl sites for hydroxylation is 1. The van der Waals surface area contributed by atoms with Crippen LogP contribution in [-0.2, 0) is 0 Å². The number of anilines is 1. The van der Waals surface area contributed by atoms with Gasteiger partial charge in [-0.25, -0.2) is 4.99 Å². The number of hydrogen-bond donors (Lipinski definition) is 0. The average Bonchev–Trinajstić information content (AvgIpc) is 2.71. The molecule has 0 atom stereocenters. The lowest BCUT2D eigenvalue weighted by Gasteiger charge is -2.22. The highest BCUT2D eigenvalue weighted by atomic mass is 16.1. The number of carbonyl (C=O) groups is 1. The van der Waals surface area contributed by atoms with Crippen LogP contribution in [0, 0.1) is 6.92 Å². The van der Waals surface area contributed by atoms with Crippen LogP contribution in [0.25, 0.3) is 10.8 Å². The van der Waals surface area contributed by atoms with Crippen LogP contribution in [0.1, 0.15) is 35.3 Å². The number of rotatable bonds is 4. The van der Waals surface area contributed by atoms with Crippen molar-refractivity contribution < 1.29 is 4.79 Å². The molecule has 3 aromatic carbocycles. The van der Waals surface area contributed by atoms with Crippen LogP contribution in [0.3, 0.4) is 0 Å². The number of fused-ring (bicyclic) bond motifs is 2. The van der Waals surface area contributed by atoms with E-state index in [1.807, 2.05) is 30.3 Å². The summed E-state index contributed by atoms with van der Waals surface area (Å²) in [4.78, 5) is 19.7. The summed E-state index contributed by atoms with van der Waals surface area (Å²) in [6.45, 7) is 8.38. The van der Waals surface area contributed by atoms with Crippen molar-refractivity contribution in [2.75, 3.05) is 18.0 Å². The minimum absolute atomic E-state index is 0.0355. The third kappa shape index (κ3) is 3.24. The summed E-state index contributed by atoms with van der Waals surface area (Å²) < 4.78 is 0. The first-order valence-corrected chi connectivity index (χ1v) is 9.80. The summed E-state index contributed by atoms with van der Waals surface area (Å²) in [7, 11) is 0. The summed E-state index contributed by atoms with van der Waals surface area (Å²) in [6.07, 6.45) is 3.45. The first-order chi connectivity index (χ1) is 13.6. The maximum absolute atomic E-state index is 12.4. The Balaban J connectivity index is 1.80. The summed E-state index contributed by atoms with van der Waals surface area (Å²) >= 11 is 0. The molecule has 3 nitrogen and oxygen atoms in total. The summed E-state index contributed by atoms with van der Waals surface area (Å²) in [5, 5.41) is 2.19. The molecule has 0 aliphatic heterocycles. The number of hydrogen-bond acceptors (Lipinski definition) is 3. The van der Waals surface area contributed by atoms with Gasteiger partial charge in [-0.1, -0.05) is 24.3 Å². The van der Waals surface area contributed by atoms with Crippen LogP contribution in [0.5, 0.6) is 0 Å². The molecule has 3 heteroatoms. The second kappa shape index (κ2) is 7.43. The van der Waals surface area contributed by atoms with Crippen molar-refractivity contribution in [2.24, 2.45) is 4.99 Å². The molecule has 0 bridgehead atoms. The Bertz CT molecular complexity index is 1120. The number of nitrogens with zero attached hydrogens (tertiary/aromatic N) is 2. The lowest BCUT2D eigenvalue weighted by Crippen LogP contribution is -2.21. The van der Waals surface area contributed by atoms with E-state index < -0.39 is 0 Å². The summed E-state index contributed by atoms with van der Waals surface area (Å²) in [6, 6.07) is 18.5. The smallest absolute Gasteiger partial charge is 0.186 e. The zero-order valence-electron chi connectivity index (χ0n) is 16.6. The van der Waals surface area contributed by atoms with Crippen molar-refractivity contribution in [3.8, 4) is 0 Å². The number of ketones is 1. The second-order valence-corrected chi connectivity index (χ2v) is 7.08. The third-order valence-electron chi connectivity index (χ3n) is 5.37. The van der Waals surface area contributed by atoms with E-state index in [0.29, 0.717) is 0 Å². The maximum Gasteiger partial charge on any atom is 0.186 e. The molecule has 140 valence electrons. The number of aliphatic imine (C=N–C) groups is 1. The van der Waals surface area contributed by atoms with E-state index in [0.717, 1.165) is 52.0 Å². The van der Waals surface area contributed by atoms with Gasteiger partial charge >= 0.3 is 0 Å². The maximum atomic E-state index is 12.4. The topological polar surface area (TPSA) is 32.7 Å². The van der Waals surface area contributed by atoms with Gasteiger partial charge in [0.2, 0.25) is 0 Å². The normalized spacial score (nSPS) is 14.5. The molecular weight excluding hydrogens is 344 g/mol. The molecule has 0 heterocycles. The van der Waals surface area contributed by atoms with Gasteiger partial charge < -0.3 is 4.90 Å². The molecule has 0 N–H and O–H groups in total. The van der Waals surface area contributed by atoms with Crippen molar-refractivity contribution in [3.63, 3.8) is 0 Å². The Morgan fingerprint density at radius 1 is 0.857 bits per heavy atom. The van der Waals surface area contributed by atoms with Crippen LogP contribution >= 0.6 is 0 Å². The first kappa shape index (κ1) is 18.2. The Kier molecular flexibility index (Phi) is 4.82. The fourth-order valence-electron chi connectivity index (χ4n) is 3.77. The van der Waals surface area contributed by atoms with Crippen LogP contribution in [-0.4, -0.2) is 24.6 Å². The highest BCUT2D eigenvalue weighted by Gasteiger charge is 2.19. The van der Waals surface area contributed by atoms with Gasteiger partial charge in [-0.05, 0) is 79.6 Å². The lowest BCUT2D eigenvalue weighted by molar-refractivity contribution is 0.104. The number of allylic oxidation sites excluding steroid dienone is 2. The summed E-state index contributed by atoms with van der Waals surface area (Å²) in [5.74, 6) is 0.0355. The highest BCUT2D eigenvalue weighted by molar-refractivity contribution is 6.25. The molecule has 0 aromatic heterocycles. The molecule has 0 radical (unpaired) electrons. The van der Waals surface area contributed by atoms with Gasteiger partial charge in [-0.3, -0.25) is 4.79 Å². The minimum atomic E-state index is 0.0355. The van der Waals surface area contributed by atoms with Crippen LogP contribution < -0.4 is 4.90 Å². The summed E-state index contributed by atoms with van der Waals surface area (Å²) in [5.41, 5.74) is 5.73. The minimum Gasteiger partial charge on any atom is -0.372 e. The van der Waals surface area contributed by atoms with Crippen molar-refractivity contribution in [1.29, 1.82) is 0 Å². The molecule has 0 fully saturated rings. The Labute approximate surface area is 166 Å². The quantitative estimate of drug-likeness (QED) is 0.577. The number of carbonyl (C=O) groups excluding carboxylic acids is 1. The third-order valence-corrected chi connectivity index (χ3v) is 5.37. The standard InChI is InChI=1S/C25H24N2O/c1-4-27(5-2)20-10-11-23(17(3)14-20)26-24-12-13-25(28)22-16-19-9-7-6-8-18(19)15-21(22)24/h6-16H,4-5H2,1-3H3. The van der Waals surface area contributed by atoms with Crippen LogP contribution in [0.4, 0.5) is 11.4 Å². The van der Waals surface area contributed by atoms with E-state index in [1.165, 1.54) is 5.69 Å². The van der Waals surface area contributed by atoms with E-state index in [9.17, 15) is 4.79 Å². The van der Waals surface area contributed by atoms with Gasteiger partial charge in [0.1, 0.15) is 0 Å². The molecule has 1 aliphatic carbocycles. The fourth-order valence-corrected chi connectivity index (χ4v) is 3.77. The van der Waals surface area contributed by atoms with E-state index in [2.05, 4.69) is 56.0 Å². The monoisotopic (exact) mass is 368 g/mol. The van der Waals surface area contributed by atoms with Crippen LogP contribution in [0.2, 0.25) is 0 Å². The predicted molar refractivity (Wildman–Crippen MR) is 118 cm³/mol. The average molecular weight is 368 g/mol. The SMILES string of the molecule is CCN(CC)c1ccc(N=C2C=CC(=O)c3cc4ccccc4cc32)c(C)c1. The molecule has 0 unspecified atom stereocenters. The largest absolute Gasteiger partial charge is 0.372 e. The number of benzene rings is 3. The second-order valence-electron chi connectivity index (χ2n) is 7.08. The zero-order chi connectivity index (χ0) is 19.7. The Hall–Kier alpha value is -3.20. The van der Waals surface area contributed by atoms with Crippen molar-refractivity contribution >= 4 is 33.6 Å². The molecule has 0 saturated carbocycles. The Morgan fingerprint density at radius 3 is 2.18 bits per heavy atom. The first-order valence-electron chi connectivity index (χ1n) is 9.80. The zero-order valence-corrected chi connectivity index (χ0v) is 16.6. The van der Waals surface area contributed by atoms with Gasteiger partial charge in [-0.2, -0.15) is 0 Å². The van der Waals surface area contributed by atoms with Crippen LogP contribution in [0.15, 0.2) is 71.7 Å². The molecule has 0 saturated heterocycles. The molecule has 0 amide bonds.